The topological polar surface area (TPSA) is 45.1 Å². The van der Waals surface area contributed by atoms with Crippen LogP contribution < -0.4 is 10.9 Å². The van der Waals surface area contributed by atoms with Crippen LogP contribution >= 0.6 is 0 Å². The molecule has 5 rings (SSSR count). The van der Waals surface area contributed by atoms with E-state index in [2.05, 4.69) is 84.3 Å². The molecule has 0 amide bonds. The zero-order valence-electron chi connectivity index (χ0n) is 17.2. The molecule has 3 heterocycles. The van der Waals surface area contributed by atoms with Crippen LogP contribution in [0.4, 0.5) is 0 Å². The van der Waals surface area contributed by atoms with Gasteiger partial charge in [0.2, 0.25) is 0 Å². The van der Waals surface area contributed by atoms with Gasteiger partial charge in [0.1, 0.15) is 0 Å². The van der Waals surface area contributed by atoms with Gasteiger partial charge >= 0.3 is 0 Å². The Morgan fingerprint density at radius 1 is 1.07 bits per heavy atom. The van der Waals surface area contributed by atoms with Crippen LogP contribution in [0.15, 0.2) is 54.7 Å². The number of rotatable bonds is 4. The summed E-state index contributed by atoms with van der Waals surface area (Å²) in [6, 6.07) is 17.9. The third-order valence-corrected chi connectivity index (χ3v) is 6.24. The summed E-state index contributed by atoms with van der Waals surface area (Å²) in [6.45, 7) is 8.52. The van der Waals surface area contributed by atoms with E-state index in [0.717, 1.165) is 37.6 Å². The van der Waals surface area contributed by atoms with Crippen LogP contribution in [0.2, 0.25) is 0 Å². The van der Waals surface area contributed by atoms with Crippen LogP contribution in [0.5, 0.6) is 0 Å². The Balaban J connectivity index is 1.47. The van der Waals surface area contributed by atoms with E-state index in [1.165, 1.54) is 28.7 Å². The minimum atomic E-state index is 0.623. The number of likely N-dealkylation sites (tertiary alicyclic amines) is 1. The predicted octanol–water partition coefficient (Wildman–Crippen LogP) is 3.45. The second kappa shape index (κ2) is 7.75. The summed E-state index contributed by atoms with van der Waals surface area (Å²) in [7, 11) is 0. The molecule has 0 spiro atoms. The number of aryl methyl sites for hydroxylation is 2. The summed E-state index contributed by atoms with van der Waals surface area (Å²) in [5.41, 5.74) is 14.0. The van der Waals surface area contributed by atoms with E-state index in [0.29, 0.717) is 12.0 Å². The minimum absolute atomic E-state index is 0.623. The van der Waals surface area contributed by atoms with E-state index in [-0.39, 0.29) is 0 Å². The molecule has 0 bridgehead atoms. The van der Waals surface area contributed by atoms with Gasteiger partial charge in [-0.2, -0.15) is 5.10 Å². The summed E-state index contributed by atoms with van der Waals surface area (Å²) in [5.74, 6) is 0.693. The van der Waals surface area contributed by atoms with E-state index in [1.54, 1.807) is 0 Å². The molecule has 2 unspecified atom stereocenters. The molecule has 2 atom stereocenters. The van der Waals surface area contributed by atoms with Gasteiger partial charge in [-0.3, -0.25) is 15.8 Å². The van der Waals surface area contributed by atoms with Gasteiger partial charge in [0.05, 0.1) is 11.4 Å². The van der Waals surface area contributed by atoms with Crippen LogP contribution in [0.3, 0.4) is 0 Å². The first kappa shape index (κ1) is 18.6. The SMILES string of the molecule is Cc1ccc(-n2cc(CN3CCC4NNCC4C3)c(-c3cccc(C)c3)n2)cc1. The quantitative estimate of drug-likeness (QED) is 0.720. The van der Waals surface area contributed by atoms with Crippen molar-refractivity contribution in [2.45, 2.75) is 32.9 Å². The molecule has 2 aromatic carbocycles. The number of nitrogens with one attached hydrogen (secondary N) is 2. The van der Waals surface area contributed by atoms with Crippen molar-refractivity contribution in [3.05, 3.63) is 71.4 Å². The third kappa shape index (κ3) is 3.86. The number of nitrogens with zero attached hydrogens (tertiary/aromatic N) is 3. The van der Waals surface area contributed by atoms with Gasteiger partial charge < -0.3 is 0 Å². The van der Waals surface area contributed by atoms with Crippen molar-refractivity contribution >= 4 is 0 Å². The molecule has 2 N–H and O–H groups in total. The molecule has 2 fully saturated rings. The summed E-state index contributed by atoms with van der Waals surface area (Å²) in [6.07, 6.45) is 3.42. The molecule has 150 valence electrons. The normalized spacial score (nSPS) is 22.0. The lowest BCUT2D eigenvalue weighted by molar-refractivity contribution is 0.161. The van der Waals surface area contributed by atoms with E-state index in [9.17, 15) is 0 Å². The van der Waals surface area contributed by atoms with E-state index >= 15 is 0 Å². The minimum Gasteiger partial charge on any atom is -0.298 e. The monoisotopic (exact) mass is 387 g/mol. The highest BCUT2D eigenvalue weighted by molar-refractivity contribution is 5.64. The first-order valence-corrected chi connectivity index (χ1v) is 10.6. The second-order valence-corrected chi connectivity index (χ2v) is 8.57. The first-order valence-electron chi connectivity index (χ1n) is 10.6. The molecular weight excluding hydrogens is 358 g/mol. The number of hydrazine groups is 1. The largest absolute Gasteiger partial charge is 0.298 e. The number of fused-ring (bicyclic) bond motifs is 1. The van der Waals surface area contributed by atoms with Crippen molar-refractivity contribution in [3.8, 4) is 16.9 Å². The highest BCUT2D eigenvalue weighted by Crippen LogP contribution is 2.28. The Hall–Kier alpha value is -2.47. The molecule has 0 aliphatic carbocycles. The lowest BCUT2D eigenvalue weighted by Crippen LogP contribution is -2.44. The predicted molar refractivity (Wildman–Crippen MR) is 117 cm³/mol. The number of piperidine rings is 1. The lowest BCUT2D eigenvalue weighted by Gasteiger charge is -2.34. The summed E-state index contributed by atoms with van der Waals surface area (Å²) < 4.78 is 2.04. The second-order valence-electron chi connectivity index (χ2n) is 8.57. The Morgan fingerprint density at radius 2 is 1.93 bits per heavy atom. The summed E-state index contributed by atoms with van der Waals surface area (Å²) in [4.78, 5) is 2.59. The third-order valence-electron chi connectivity index (χ3n) is 6.24. The van der Waals surface area contributed by atoms with Crippen molar-refractivity contribution in [1.82, 2.24) is 25.5 Å². The lowest BCUT2D eigenvalue weighted by atomic mass is 9.94. The van der Waals surface area contributed by atoms with Crippen LogP contribution in [0, 0.1) is 19.8 Å². The molecule has 29 heavy (non-hydrogen) atoms. The Morgan fingerprint density at radius 3 is 2.76 bits per heavy atom. The standard InChI is InChI=1S/C24H29N5/c1-17-6-8-22(9-7-17)29-16-21(24(27-29)19-5-3-4-18(2)12-19)15-28-11-10-23-20(14-28)13-25-26-23/h3-9,12,16,20,23,25-26H,10-11,13-15H2,1-2H3. The number of hydrogen-bond acceptors (Lipinski definition) is 4. The van der Waals surface area contributed by atoms with Gasteiger partial charge in [-0.05, 0) is 38.5 Å². The van der Waals surface area contributed by atoms with Crippen LogP contribution in [-0.4, -0.2) is 40.4 Å². The Kier molecular flexibility index (Phi) is 4.96. The first-order chi connectivity index (χ1) is 14.2. The fourth-order valence-electron chi connectivity index (χ4n) is 4.60. The highest BCUT2D eigenvalue weighted by Gasteiger charge is 2.33. The molecular formula is C24H29N5. The molecule has 5 heteroatoms. The van der Waals surface area contributed by atoms with Crippen LogP contribution in [0.1, 0.15) is 23.1 Å². The molecule has 2 aliphatic rings. The maximum Gasteiger partial charge on any atom is 0.0972 e. The van der Waals surface area contributed by atoms with E-state index in [4.69, 9.17) is 5.10 Å². The average molecular weight is 388 g/mol. The molecule has 2 aliphatic heterocycles. The summed E-state index contributed by atoms with van der Waals surface area (Å²) in [5, 5.41) is 5.02. The number of benzene rings is 2. The summed E-state index contributed by atoms with van der Waals surface area (Å²) >= 11 is 0. The van der Waals surface area contributed by atoms with Crippen molar-refractivity contribution in [3.63, 3.8) is 0 Å². The molecule has 5 nitrogen and oxygen atoms in total. The molecule has 3 aromatic rings. The van der Waals surface area contributed by atoms with Gasteiger partial charge in [0.25, 0.3) is 0 Å². The highest BCUT2D eigenvalue weighted by atomic mass is 15.4. The molecule has 2 saturated heterocycles. The van der Waals surface area contributed by atoms with Crippen LogP contribution in [0.25, 0.3) is 16.9 Å². The van der Waals surface area contributed by atoms with Gasteiger partial charge in [-0.15, -0.1) is 0 Å². The number of aromatic nitrogens is 2. The zero-order valence-corrected chi connectivity index (χ0v) is 17.2. The van der Waals surface area contributed by atoms with Crippen molar-refractivity contribution in [2.75, 3.05) is 19.6 Å². The van der Waals surface area contributed by atoms with Crippen LogP contribution in [-0.2, 0) is 6.54 Å². The van der Waals surface area contributed by atoms with Crippen molar-refractivity contribution < 1.29 is 0 Å². The van der Waals surface area contributed by atoms with Gasteiger partial charge in [0.15, 0.2) is 0 Å². The Labute approximate surface area is 172 Å². The molecule has 0 radical (unpaired) electrons. The fourth-order valence-corrected chi connectivity index (χ4v) is 4.60. The fraction of sp³-hybridized carbons (Fsp3) is 0.375. The average Bonchev–Trinajstić information content (AvgIpc) is 3.35. The Bertz CT molecular complexity index is 991. The van der Waals surface area contributed by atoms with Gasteiger partial charge in [-0.1, -0.05) is 41.5 Å². The van der Waals surface area contributed by atoms with Gasteiger partial charge in [-0.25, -0.2) is 4.68 Å². The number of hydrogen-bond donors (Lipinski definition) is 2. The zero-order chi connectivity index (χ0) is 19.8. The molecule has 1 aromatic heterocycles. The van der Waals surface area contributed by atoms with Gasteiger partial charge in [0, 0.05) is 55.5 Å². The van der Waals surface area contributed by atoms with Crippen molar-refractivity contribution in [1.29, 1.82) is 0 Å². The molecule has 0 saturated carbocycles. The van der Waals surface area contributed by atoms with E-state index in [1.807, 2.05) is 4.68 Å². The van der Waals surface area contributed by atoms with E-state index < -0.39 is 0 Å². The smallest absolute Gasteiger partial charge is 0.0972 e. The maximum atomic E-state index is 5.02. The van der Waals surface area contributed by atoms with Crippen molar-refractivity contribution in [2.24, 2.45) is 5.92 Å². The maximum absolute atomic E-state index is 5.02.